The van der Waals surface area contributed by atoms with E-state index in [1.165, 1.54) is 12.5 Å². The Balaban J connectivity index is 1.45. The molecular weight excluding hydrogens is 332 g/mol. The van der Waals surface area contributed by atoms with Crippen LogP contribution in [-0.4, -0.2) is 41.9 Å². The zero-order valence-electron chi connectivity index (χ0n) is 15.1. The van der Waals surface area contributed by atoms with Gasteiger partial charge in [-0.25, -0.2) is 0 Å². The topological polar surface area (TPSA) is 71.8 Å². The molecular formula is C20H24N2O4. The first-order valence-corrected chi connectivity index (χ1v) is 8.88. The van der Waals surface area contributed by atoms with E-state index in [-0.39, 0.29) is 17.9 Å². The molecule has 1 saturated heterocycles. The minimum absolute atomic E-state index is 0.0281. The fourth-order valence-corrected chi connectivity index (χ4v) is 2.99. The highest BCUT2D eigenvalue weighted by molar-refractivity contribution is 5.93. The number of carbonyl (C=O) groups excluding carboxylic acids is 2. The molecule has 1 aliphatic rings. The van der Waals surface area contributed by atoms with Crippen LogP contribution in [0.2, 0.25) is 0 Å². The molecule has 138 valence electrons. The van der Waals surface area contributed by atoms with Gasteiger partial charge in [0.15, 0.2) is 6.10 Å². The third-order valence-corrected chi connectivity index (χ3v) is 4.60. The van der Waals surface area contributed by atoms with Crippen LogP contribution in [0.3, 0.4) is 0 Å². The Hall–Kier alpha value is -2.76. The molecule has 6 nitrogen and oxygen atoms in total. The number of hydrogen-bond donors (Lipinski definition) is 1. The quantitative estimate of drug-likeness (QED) is 0.894. The number of ether oxygens (including phenoxy) is 1. The third-order valence-electron chi connectivity index (χ3n) is 4.60. The van der Waals surface area contributed by atoms with Crippen molar-refractivity contribution < 1.29 is 18.7 Å². The normalized spacial score (nSPS) is 16.2. The van der Waals surface area contributed by atoms with E-state index in [2.05, 4.69) is 5.32 Å². The van der Waals surface area contributed by atoms with Crippen LogP contribution < -0.4 is 10.1 Å². The molecule has 0 spiro atoms. The lowest BCUT2D eigenvalue weighted by Gasteiger charge is -2.32. The first-order chi connectivity index (χ1) is 12.5. The van der Waals surface area contributed by atoms with E-state index in [0.717, 1.165) is 18.4 Å². The van der Waals surface area contributed by atoms with Crippen molar-refractivity contribution in [3.63, 3.8) is 0 Å². The van der Waals surface area contributed by atoms with E-state index in [1.807, 2.05) is 31.2 Å². The number of likely N-dealkylation sites (tertiary alicyclic amines) is 1. The Bertz CT molecular complexity index is 732. The Morgan fingerprint density at radius 3 is 2.50 bits per heavy atom. The molecule has 0 bridgehead atoms. The summed E-state index contributed by atoms with van der Waals surface area (Å²) in [6, 6.07) is 9.35. The van der Waals surface area contributed by atoms with Crippen molar-refractivity contribution in [3.8, 4) is 5.75 Å². The Morgan fingerprint density at radius 2 is 1.88 bits per heavy atom. The summed E-state index contributed by atoms with van der Waals surface area (Å²) in [5.41, 5.74) is 1.71. The van der Waals surface area contributed by atoms with Gasteiger partial charge >= 0.3 is 0 Å². The zero-order valence-corrected chi connectivity index (χ0v) is 15.1. The molecule has 1 aliphatic heterocycles. The summed E-state index contributed by atoms with van der Waals surface area (Å²) in [4.78, 5) is 26.4. The number of aryl methyl sites for hydroxylation is 1. The summed E-state index contributed by atoms with van der Waals surface area (Å²) in [6.45, 7) is 4.97. The standard InChI is InChI=1S/C20H24N2O4/c1-14-3-5-18(6-4-14)26-15(2)19(23)21-17-7-10-22(11-8-17)20(24)16-9-12-25-13-16/h3-6,9,12-13,15,17H,7-8,10-11H2,1-2H3,(H,21,23). The number of piperidine rings is 1. The maximum Gasteiger partial charge on any atom is 0.260 e. The molecule has 1 aromatic carbocycles. The lowest BCUT2D eigenvalue weighted by Crippen LogP contribution is -2.49. The average molecular weight is 356 g/mol. The summed E-state index contributed by atoms with van der Waals surface area (Å²) in [5, 5.41) is 3.02. The number of benzene rings is 1. The largest absolute Gasteiger partial charge is 0.481 e. The van der Waals surface area contributed by atoms with E-state index in [4.69, 9.17) is 9.15 Å². The smallest absolute Gasteiger partial charge is 0.260 e. The van der Waals surface area contributed by atoms with Crippen molar-refractivity contribution in [3.05, 3.63) is 54.0 Å². The number of carbonyl (C=O) groups is 2. The second kappa shape index (κ2) is 8.08. The summed E-state index contributed by atoms with van der Waals surface area (Å²) in [7, 11) is 0. The second-order valence-corrected chi connectivity index (χ2v) is 6.66. The number of rotatable bonds is 5. The number of amides is 2. The fourth-order valence-electron chi connectivity index (χ4n) is 2.99. The molecule has 2 amide bonds. The highest BCUT2D eigenvalue weighted by atomic mass is 16.5. The monoisotopic (exact) mass is 356 g/mol. The average Bonchev–Trinajstić information content (AvgIpc) is 3.18. The first-order valence-electron chi connectivity index (χ1n) is 8.88. The summed E-state index contributed by atoms with van der Waals surface area (Å²) < 4.78 is 10.7. The number of nitrogens with one attached hydrogen (secondary N) is 1. The Morgan fingerprint density at radius 1 is 1.19 bits per heavy atom. The van der Waals surface area contributed by atoms with Crippen LogP contribution in [0, 0.1) is 6.92 Å². The van der Waals surface area contributed by atoms with Gasteiger partial charge in [-0.2, -0.15) is 0 Å². The third kappa shape index (κ3) is 4.45. The van der Waals surface area contributed by atoms with E-state index in [0.29, 0.717) is 24.4 Å². The maximum absolute atomic E-state index is 12.4. The van der Waals surface area contributed by atoms with Crippen molar-refractivity contribution in [2.75, 3.05) is 13.1 Å². The Labute approximate surface area is 153 Å². The van der Waals surface area contributed by atoms with Crippen molar-refractivity contribution in [2.24, 2.45) is 0 Å². The van der Waals surface area contributed by atoms with Crippen LogP contribution in [0.5, 0.6) is 5.75 Å². The molecule has 1 fully saturated rings. The zero-order chi connectivity index (χ0) is 18.5. The van der Waals surface area contributed by atoms with Crippen LogP contribution in [0.25, 0.3) is 0 Å². The summed E-state index contributed by atoms with van der Waals surface area (Å²) in [5.74, 6) is 0.517. The maximum atomic E-state index is 12.4. The molecule has 0 aliphatic carbocycles. The molecule has 6 heteroatoms. The lowest BCUT2D eigenvalue weighted by molar-refractivity contribution is -0.128. The van der Waals surface area contributed by atoms with Crippen LogP contribution in [-0.2, 0) is 4.79 Å². The van der Waals surface area contributed by atoms with Crippen LogP contribution in [0.15, 0.2) is 47.3 Å². The SMILES string of the molecule is Cc1ccc(OC(C)C(=O)NC2CCN(C(=O)c3ccoc3)CC2)cc1. The Kier molecular flexibility index (Phi) is 5.61. The molecule has 0 radical (unpaired) electrons. The van der Waals surface area contributed by atoms with Gasteiger partial charge in [0, 0.05) is 19.1 Å². The number of furan rings is 1. The lowest BCUT2D eigenvalue weighted by atomic mass is 10.0. The number of nitrogens with zero attached hydrogens (tertiary/aromatic N) is 1. The summed E-state index contributed by atoms with van der Waals surface area (Å²) in [6.07, 6.45) is 3.85. The van der Waals surface area contributed by atoms with E-state index in [9.17, 15) is 9.59 Å². The van der Waals surface area contributed by atoms with Gasteiger partial charge in [-0.1, -0.05) is 17.7 Å². The molecule has 1 unspecified atom stereocenters. The van der Waals surface area contributed by atoms with E-state index in [1.54, 1.807) is 17.9 Å². The predicted octanol–water partition coefficient (Wildman–Crippen LogP) is 2.78. The van der Waals surface area contributed by atoms with Gasteiger partial charge in [0.05, 0.1) is 11.8 Å². The highest BCUT2D eigenvalue weighted by Crippen LogP contribution is 2.16. The van der Waals surface area contributed by atoms with E-state index < -0.39 is 6.10 Å². The van der Waals surface area contributed by atoms with E-state index >= 15 is 0 Å². The highest BCUT2D eigenvalue weighted by Gasteiger charge is 2.26. The number of hydrogen-bond acceptors (Lipinski definition) is 4. The first kappa shape index (κ1) is 18.0. The second-order valence-electron chi connectivity index (χ2n) is 6.66. The molecule has 26 heavy (non-hydrogen) atoms. The molecule has 2 aromatic rings. The predicted molar refractivity (Wildman–Crippen MR) is 97.0 cm³/mol. The minimum Gasteiger partial charge on any atom is -0.481 e. The van der Waals surface area contributed by atoms with Gasteiger partial charge in [0.1, 0.15) is 12.0 Å². The molecule has 0 saturated carbocycles. The van der Waals surface area contributed by atoms with Gasteiger partial charge in [0.2, 0.25) is 0 Å². The van der Waals surface area contributed by atoms with Gasteiger partial charge in [-0.05, 0) is 44.9 Å². The molecule has 2 heterocycles. The fraction of sp³-hybridized carbons (Fsp3) is 0.400. The molecule has 1 N–H and O–H groups in total. The van der Waals surface area contributed by atoms with Gasteiger partial charge in [0.25, 0.3) is 11.8 Å². The minimum atomic E-state index is -0.566. The van der Waals surface area contributed by atoms with Crippen LogP contribution >= 0.6 is 0 Å². The van der Waals surface area contributed by atoms with Crippen molar-refractivity contribution >= 4 is 11.8 Å². The molecule has 3 rings (SSSR count). The van der Waals surface area contributed by atoms with Gasteiger partial charge in [-0.3, -0.25) is 9.59 Å². The van der Waals surface area contributed by atoms with Crippen molar-refractivity contribution in [2.45, 2.75) is 38.8 Å². The molecule has 1 aromatic heterocycles. The van der Waals surface area contributed by atoms with Crippen molar-refractivity contribution in [1.29, 1.82) is 0 Å². The van der Waals surface area contributed by atoms with Crippen molar-refractivity contribution in [1.82, 2.24) is 10.2 Å². The van der Waals surface area contributed by atoms with Gasteiger partial charge in [-0.15, -0.1) is 0 Å². The summed E-state index contributed by atoms with van der Waals surface area (Å²) >= 11 is 0. The van der Waals surface area contributed by atoms with Gasteiger partial charge < -0.3 is 19.4 Å². The van der Waals surface area contributed by atoms with Crippen LogP contribution in [0.1, 0.15) is 35.7 Å². The molecule has 1 atom stereocenters. The van der Waals surface area contributed by atoms with Crippen LogP contribution in [0.4, 0.5) is 0 Å².